The van der Waals surface area contributed by atoms with Crippen LogP contribution in [-0.4, -0.2) is 53.0 Å². The van der Waals surface area contributed by atoms with E-state index in [1.807, 2.05) is 46.7 Å². The SMILES string of the molecule is Cc1cc2c(cc(C(=O)N3CCN(C/C=C/c4ccccc4)CC3)n2Cc2ccccc2F)o1. The normalized spacial score (nSPS) is 14.9. The Labute approximate surface area is 198 Å². The van der Waals surface area contributed by atoms with Crippen molar-refractivity contribution in [3.05, 3.63) is 101 Å². The molecule has 0 saturated carbocycles. The fraction of sp³-hybridized carbons (Fsp3) is 0.250. The van der Waals surface area contributed by atoms with Crippen LogP contribution < -0.4 is 0 Å². The average molecular weight is 458 g/mol. The van der Waals surface area contributed by atoms with Crippen LogP contribution in [0, 0.1) is 12.7 Å². The molecule has 1 saturated heterocycles. The summed E-state index contributed by atoms with van der Waals surface area (Å²) in [5.74, 6) is 0.448. The van der Waals surface area contributed by atoms with Crippen molar-refractivity contribution in [3.63, 3.8) is 0 Å². The number of carbonyl (C=O) groups excluding carboxylic acids is 1. The molecule has 2 aromatic heterocycles. The van der Waals surface area contributed by atoms with Gasteiger partial charge in [-0.1, -0.05) is 60.7 Å². The number of halogens is 1. The molecule has 2 aromatic carbocycles. The van der Waals surface area contributed by atoms with Gasteiger partial charge in [0.2, 0.25) is 0 Å². The number of amides is 1. The third-order valence-electron chi connectivity index (χ3n) is 6.35. The topological polar surface area (TPSA) is 41.6 Å². The van der Waals surface area contributed by atoms with Crippen LogP contribution >= 0.6 is 0 Å². The lowest BCUT2D eigenvalue weighted by Crippen LogP contribution is -2.49. The highest BCUT2D eigenvalue weighted by atomic mass is 19.1. The summed E-state index contributed by atoms with van der Waals surface area (Å²) in [7, 11) is 0. The van der Waals surface area contributed by atoms with Crippen molar-refractivity contribution >= 4 is 23.1 Å². The minimum Gasteiger partial charge on any atom is -0.460 e. The molecule has 0 bridgehead atoms. The van der Waals surface area contributed by atoms with Gasteiger partial charge in [-0.15, -0.1) is 0 Å². The van der Waals surface area contributed by atoms with Gasteiger partial charge in [-0.3, -0.25) is 9.69 Å². The van der Waals surface area contributed by atoms with E-state index in [1.165, 1.54) is 11.6 Å². The molecule has 1 amide bonds. The summed E-state index contributed by atoms with van der Waals surface area (Å²) in [5, 5.41) is 0. The minimum absolute atomic E-state index is 0.0418. The second-order valence-electron chi connectivity index (χ2n) is 8.72. The first-order valence-corrected chi connectivity index (χ1v) is 11.6. The molecule has 0 N–H and O–H groups in total. The number of fused-ring (bicyclic) bond motifs is 1. The predicted molar refractivity (Wildman–Crippen MR) is 132 cm³/mol. The average Bonchev–Trinajstić information content (AvgIpc) is 3.38. The Hall–Kier alpha value is -3.64. The lowest BCUT2D eigenvalue weighted by atomic mass is 10.2. The maximum absolute atomic E-state index is 14.4. The lowest BCUT2D eigenvalue weighted by Gasteiger charge is -2.34. The third-order valence-corrected chi connectivity index (χ3v) is 6.35. The molecule has 6 heteroatoms. The van der Waals surface area contributed by atoms with E-state index in [2.05, 4.69) is 29.2 Å². The second-order valence-corrected chi connectivity index (χ2v) is 8.72. The Morgan fingerprint density at radius 1 is 1.00 bits per heavy atom. The molecule has 4 aromatic rings. The number of aryl methyl sites for hydroxylation is 1. The largest absolute Gasteiger partial charge is 0.460 e. The van der Waals surface area contributed by atoms with Crippen LogP contribution in [0.2, 0.25) is 0 Å². The number of furan rings is 1. The number of nitrogens with zero attached hydrogens (tertiary/aromatic N) is 3. The summed E-state index contributed by atoms with van der Waals surface area (Å²) in [6.45, 7) is 5.95. The van der Waals surface area contributed by atoms with E-state index in [1.54, 1.807) is 18.2 Å². The van der Waals surface area contributed by atoms with Crippen molar-refractivity contribution in [2.45, 2.75) is 13.5 Å². The maximum atomic E-state index is 14.4. The van der Waals surface area contributed by atoms with Crippen molar-refractivity contribution in [3.8, 4) is 0 Å². The first kappa shape index (κ1) is 22.2. The van der Waals surface area contributed by atoms with Gasteiger partial charge in [0.05, 0.1) is 12.1 Å². The fourth-order valence-electron chi connectivity index (χ4n) is 4.51. The van der Waals surface area contributed by atoms with E-state index in [0.29, 0.717) is 29.9 Å². The number of carbonyl (C=O) groups is 1. The summed E-state index contributed by atoms with van der Waals surface area (Å²) in [5.41, 5.74) is 3.74. The maximum Gasteiger partial charge on any atom is 0.270 e. The zero-order chi connectivity index (χ0) is 23.5. The molecule has 1 aliphatic heterocycles. The van der Waals surface area contributed by atoms with Crippen LogP contribution in [0.15, 0.2) is 77.2 Å². The van der Waals surface area contributed by atoms with Gasteiger partial charge in [0.25, 0.3) is 5.91 Å². The van der Waals surface area contributed by atoms with Gasteiger partial charge in [-0.25, -0.2) is 4.39 Å². The summed E-state index contributed by atoms with van der Waals surface area (Å²) in [4.78, 5) is 17.7. The Morgan fingerprint density at radius 3 is 2.50 bits per heavy atom. The highest BCUT2D eigenvalue weighted by Gasteiger charge is 2.26. The molecule has 174 valence electrons. The van der Waals surface area contributed by atoms with Crippen LogP contribution in [0.3, 0.4) is 0 Å². The summed E-state index contributed by atoms with van der Waals surface area (Å²) >= 11 is 0. The Balaban J connectivity index is 1.29. The van der Waals surface area contributed by atoms with Crippen LogP contribution in [0.25, 0.3) is 17.2 Å². The number of hydrogen-bond acceptors (Lipinski definition) is 3. The Kier molecular flexibility index (Phi) is 6.32. The van der Waals surface area contributed by atoms with E-state index in [4.69, 9.17) is 4.42 Å². The monoisotopic (exact) mass is 457 g/mol. The standard InChI is InChI=1S/C28H28FN3O2/c1-21-18-25-27(34-21)19-26(32(25)20-23-11-5-6-12-24(23)29)28(33)31-16-14-30(15-17-31)13-7-10-22-8-3-2-4-9-22/h2-12,18-19H,13-17,20H2,1H3/b10-7+. The zero-order valence-electron chi connectivity index (χ0n) is 19.3. The van der Waals surface area contributed by atoms with E-state index in [-0.39, 0.29) is 18.3 Å². The number of aromatic nitrogens is 1. The highest BCUT2D eigenvalue weighted by molar-refractivity contribution is 5.97. The van der Waals surface area contributed by atoms with Crippen molar-refractivity contribution in [1.29, 1.82) is 0 Å². The molecule has 34 heavy (non-hydrogen) atoms. The number of rotatable bonds is 6. The number of benzene rings is 2. The molecule has 1 fully saturated rings. The quantitative estimate of drug-likeness (QED) is 0.400. The molecule has 0 unspecified atom stereocenters. The molecule has 0 radical (unpaired) electrons. The van der Waals surface area contributed by atoms with Gasteiger partial charge < -0.3 is 13.9 Å². The molecule has 1 aliphatic rings. The fourth-order valence-corrected chi connectivity index (χ4v) is 4.51. The number of piperazine rings is 1. The molecule has 5 rings (SSSR count). The molecule has 0 atom stereocenters. The lowest BCUT2D eigenvalue weighted by molar-refractivity contribution is 0.0640. The smallest absolute Gasteiger partial charge is 0.270 e. The van der Waals surface area contributed by atoms with Gasteiger partial charge in [-0.05, 0) is 18.6 Å². The van der Waals surface area contributed by atoms with Crippen molar-refractivity contribution in [2.75, 3.05) is 32.7 Å². The van der Waals surface area contributed by atoms with Crippen LogP contribution in [0.5, 0.6) is 0 Å². The summed E-state index contributed by atoms with van der Waals surface area (Å²) in [6, 6.07) is 20.6. The minimum atomic E-state index is -0.278. The third kappa shape index (κ3) is 4.68. The van der Waals surface area contributed by atoms with Crippen LogP contribution in [0.1, 0.15) is 27.4 Å². The Morgan fingerprint density at radius 2 is 1.74 bits per heavy atom. The van der Waals surface area contributed by atoms with Crippen molar-refractivity contribution in [2.24, 2.45) is 0 Å². The van der Waals surface area contributed by atoms with Gasteiger partial charge in [-0.2, -0.15) is 0 Å². The molecule has 3 heterocycles. The highest BCUT2D eigenvalue weighted by Crippen LogP contribution is 2.26. The summed E-state index contributed by atoms with van der Waals surface area (Å²) in [6.07, 6.45) is 4.30. The number of hydrogen-bond donors (Lipinski definition) is 0. The molecule has 0 spiro atoms. The predicted octanol–water partition coefficient (Wildman–Crippen LogP) is 5.20. The second kappa shape index (κ2) is 9.69. The molecule has 0 aliphatic carbocycles. The zero-order valence-corrected chi connectivity index (χ0v) is 19.3. The van der Waals surface area contributed by atoms with Crippen molar-refractivity contribution < 1.29 is 13.6 Å². The van der Waals surface area contributed by atoms with Crippen LogP contribution in [-0.2, 0) is 6.54 Å². The first-order valence-electron chi connectivity index (χ1n) is 11.6. The van der Waals surface area contributed by atoms with Crippen LogP contribution in [0.4, 0.5) is 4.39 Å². The van der Waals surface area contributed by atoms with E-state index in [9.17, 15) is 9.18 Å². The van der Waals surface area contributed by atoms with E-state index in [0.717, 1.165) is 30.9 Å². The van der Waals surface area contributed by atoms with E-state index >= 15 is 0 Å². The molecular weight excluding hydrogens is 429 g/mol. The Bertz CT molecular complexity index is 1310. The van der Waals surface area contributed by atoms with Gasteiger partial charge >= 0.3 is 0 Å². The van der Waals surface area contributed by atoms with Gasteiger partial charge in [0.1, 0.15) is 17.3 Å². The summed E-state index contributed by atoms with van der Waals surface area (Å²) < 4.78 is 22.1. The van der Waals surface area contributed by atoms with E-state index < -0.39 is 0 Å². The molecule has 5 nitrogen and oxygen atoms in total. The van der Waals surface area contributed by atoms with Gasteiger partial charge in [0, 0.05) is 50.4 Å². The molecular formula is C28H28FN3O2. The van der Waals surface area contributed by atoms with Crippen molar-refractivity contribution in [1.82, 2.24) is 14.4 Å². The van der Waals surface area contributed by atoms with Gasteiger partial charge in [0.15, 0.2) is 5.58 Å². The first-order chi connectivity index (χ1) is 16.6.